The van der Waals surface area contributed by atoms with E-state index in [4.69, 9.17) is 9.47 Å². The van der Waals surface area contributed by atoms with Crippen LogP contribution in [0.3, 0.4) is 0 Å². The second-order valence-corrected chi connectivity index (χ2v) is 9.79. The molecule has 1 heterocycles. The predicted octanol–water partition coefficient (Wildman–Crippen LogP) is 4.26. The molecule has 0 aliphatic carbocycles. The van der Waals surface area contributed by atoms with Crippen LogP contribution >= 0.6 is 0 Å². The minimum absolute atomic E-state index is 0.0186. The monoisotopic (exact) mass is 522 g/mol. The fraction of sp³-hybridized carbons (Fsp3) is 0.467. The molecule has 0 saturated carbocycles. The van der Waals surface area contributed by atoms with Crippen molar-refractivity contribution in [2.75, 3.05) is 26.2 Å². The van der Waals surface area contributed by atoms with E-state index < -0.39 is 6.04 Å². The number of rotatable bonds is 15. The number of nitrogens with one attached hydrogen (secondary N) is 1. The quantitative estimate of drug-likeness (QED) is 0.275. The van der Waals surface area contributed by atoms with Crippen LogP contribution in [0.15, 0.2) is 48.5 Å². The third kappa shape index (κ3) is 9.10. The molecule has 3 rings (SSSR count). The van der Waals surface area contributed by atoms with E-state index in [1.807, 2.05) is 25.7 Å². The van der Waals surface area contributed by atoms with Gasteiger partial charge in [0.25, 0.3) is 0 Å². The third-order valence-corrected chi connectivity index (χ3v) is 6.25. The number of hydrogen-bond donors (Lipinski definition) is 1. The van der Waals surface area contributed by atoms with E-state index in [-0.39, 0.29) is 48.9 Å². The minimum atomic E-state index is -0.768. The number of amides is 1. The number of carbonyl (C=O) groups is 4. The van der Waals surface area contributed by atoms with Gasteiger partial charge in [-0.3, -0.25) is 24.1 Å². The van der Waals surface area contributed by atoms with Gasteiger partial charge >= 0.3 is 0 Å². The lowest BCUT2D eigenvalue weighted by Gasteiger charge is -2.23. The molecule has 0 radical (unpaired) electrons. The summed E-state index contributed by atoms with van der Waals surface area (Å²) in [6, 6.07) is 13.2. The smallest absolute Gasteiger partial charge is 0.220 e. The Hall–Kier alpha value is -3.52. The summed E-state index contributed by atoms with van der Waals surface area (Å²) in [5, 5.41) is 2.87. The SMILES string of the molecule is CCOc1ccc(C(=O)CCCCC(=O)N[C@H](CN2CCC(=O)C2)C(=O)c2ccc(OC(C)C)cc2)cc1. The van der Waals surface area contributed by atoms with Crippen molar-refractivity contribution >= 4 is 23.3 Å². The van der Waals surface area contributed by atoms with Gasteiger partial charge in [-0.05, 0) is 82.1 Å². The van der Waals surface area contributed by atoms with Crippen LogP contribution in [0.2, 0.25) is 0 Å². The molecule has 1 aliphatic rings. The number of hydrogen-bond acceptors (Lipinski definition) is 7. The Labute approximate surface area is 224 Å². The highest BCUT2D eigenvalue weighted by atomic mass is 16.5. The molecule has 0 spiro atoms. The molecule has 1 atom stereocenters. The van der Waals surface area contributed by atoms with E-state index in [0.29, 0.717) is 55.7 Å². The molecule has 2 aromatic rings. The highest BCUT2D eigenvalue weighted by Gasteiger charge is 2.28. The maximum atomic E-state index is 13.3. The molecule has 1 amide bonds. The minimum Gasteiger partial charge on any atom is -0.494 e. The molecule has 0 aromatic heterocycles. The maximum Gasteiger partial charge on any atom is 0.220 e. The molecule has 1 aliphatic heterocycles. The standard InChI is InChI=1S/C30H38N2O6/c1-4-37-25-13-9-22(10-14-25)28(34)7-5-6-8-29(35)31-27(20-32-18-17-24(33)19-32)30(36)23-11-15-26(16-12-23)38-21(2)3/h9-16,21,27H,4-8,17-20H2,1-3H3,(H,31,35)/t27-/m1/s1. The van der Waals surface area contributed by atoms with Gasteiger partial charge in [0.2, 0.25) is 5.91 Å². The summed E-state index contributed by atoms with van der Waals surface area (Å²) in [6.07, 6.45) is 2.12. The number of Topliss-reactive ketones (excluding diaryl/α,β-unsaturated/α-hetero) is 3. The molecule has 1 saturated heterocycles. The Kier molecular flexibility index (Phi) is 11.0. The number of nitrogens with zero attached hydrogens (tertiary/aromatic N) is 1. The summed E-state index contributed by atoms with van der Waals surface area (Å²) >= 11 is 0. The molecule has 8 nitrogen and oxygen atoms in total. The molecule has 1 N–H and O–H groups in total. The van der Waals surface area contributed by atoms with Crippen molar-refractivity contribution in [3.05, 3.63) is 59.7 Å². The van der Waals surface area contributed by atoms with Crippen LogP contribution in [0, 0.1) is 0 Å². The van der Waals surface area contributed by atoms with Crippen LogP contribution in [-0.4, -0.2) is 66.5 Å². The van der Waals surface area contributed by atoms with Crippen LogP contribution < -0.4 is 14.8 Å². The Morgan fingerprint density at radius 3 is 2.16 bits per heavy atom. The van der Waals surface area contributed by atoms with E-state index in [0.717, 1.165) is 5.75 Å². The molecule has 2 aromatic carbocycles. The largest absolute Gasteiger partial charge is 0.494 e. The van der Waals surface area contributed by atoms with Crippen molar-refractivity contribution in [2.24, 2.45) is 0 Å². The van der Waals surface area contributed by atoms with Crippen molar-refractivity contribution in [3.63, 3.8) is 0 Å². The third-order valence-electron chi connectivity index (χ3n) is 6.25. The van der Waals surface area contributed by atoms with Crippen molar-refractivity contribution in [3.8, 4) is 11.5 Å². The zero-order valence-electron chi connectivity index (χ0n) is 22.5. The first kappa shape index (κ1) is 29.0. The fourth-order valence-corrected chi connectivity index (χ4v) is 4.36. The van der Waals surface area contributed by atoms with Gasteiger partial charge in [-0.2, -0.15) is 0 Å². The van der Waals surface area contributed by atoms with E-state index in [1.165, 1.54) is 0 Å². The molecule has 0 bridgehead atoms. The van der Waals surface area contributed by atoms with Gasteiger partial charge in [0.15, 0.2) is 11.6 Å². The Morgan fingerprint density at radius 2 is 1.55 bits per heavy atom. The van der Waals surface area contributed by atoms with E-state index in [2.05, 4.69) is 5.32 Å². The van der Waals surface area contributed by atoms with Crippen molar-refractivity contribution in [1.82, 2.24) is 10.2 Å². The van der Waals surface area contributed by atoms with Gasteiger partial charge < -0.3 is 14.8 Å². The van der Waals surface area contributed by atoms with Crippen LogP contribution in [-0.2, 0) is 9.59 Å². The summed E-state index contributed by atoms with van der Waals surface area (Å²) in [4.78, 5) is 52.1. The molecular weight excluding hydrogens is 484 g/mol. The lowest BCUT2D eigenvalue weighted by Crippen LogP contribution is -2.48. The van der Waals surface area contributed by atoms with E-state index >= 15 is 0 Å². The number of ether oxygens (including phenoxy) is 2. The molecule has 0 unspecified atom stereocenters. The first-order valence-corrected chi connectivity index (χ1v) is 13.4. The summed E-state index contributed by atoms with van der Waals surface area (Å²) in [5.41, 5.74) is 1.09. The van der Waals surface area contributed by atoms with Gasteiger partial charge in [-0.1, -0.05) is 0 Å². The van der Waals surface area contributed by atoms with Crippen LogP contribution in [0.4, 0.5) is 0 Å². The van der Waals surface area contributed by atoms with E-state index in [9.17, 15) is 19.2 Å². The topological polar surface area (TPSA) is 102 Å². The summed E-state index contributed by atoms with van der Waals surface area (Å²) in [5.74, 6) is 1.09. The summed E-state index contributed by atoms with van der Waals surface area (Å²) < 4.78 is 11.1. The number of ketones is 3. The molecule has 204 valence electrons. The van der Waals surface area contributed by atoms with Gasteiger partial charge in [-0.25, -0.2) is 0 Å². The molecule has 38 heavy (non-hydrogen) atoms. The Morgan fingerprint density at radius 1 is 0.921 bits per heavy atom. The highest BCUT2D eigenvalue weighted by Crippen LogP contribution is 2.17. The lowest BCUT2D eigenvalue weighted by atomic mass is 10.0. The van der Waals surface area contributed by atoms with Gasteiger partial charge in [0.1, 0.15) is 23.3 Å². The molecular formula is C30H38N2O6. The average Bonchev–Trinajstić information content (AvgIpc) is 3.31. The Balaban J connectivity index is 1.52. The fourth-order valence-electron chi connectivity index (χ4n) is 4.36. The van der Waals surface area contributed by atoms with Crippen molar-refractivity contribution < 1.29 is 28.7 Å². The highest BCUT2D eigenvalue weighted by molar-refractivity contribution is 6.02. The first-order valence-electron chi connectivity index (χ1n) is 13.4. The predicted molar refractivity (Wildman–Crippen MR) is 145 cm³/mol. The average molecular weight is 523 g/mol. The molecule has 1 fully saturated rings. The molecule has 8 heteroatoms. The van der Waals surface area contributed by atoms with Crippen molar-refractivity contribution in [2.45, 2.75) is 65.0 Å². The summed E-state index contributed by atoms with van der Waals surface area (Å²) in [6.45, 7) is 7.47. The number of benzene rings is 2. The van der Waals surface area contributed by atoms with Crippen molar-refractivity contribution in [1.29, 1.82) is 0 Å². The number of carbonyl (C=O) groups excluding carboxylic acids is 4. The zero-order valence-corrected chi connectivity index (χ0v) is 22.5. The lowest BCUT2D eigenvalue weighted by molar-refractivity contribution is -0.121. The van der Waals surface area contributed by atoms with Gasteiger partial charge in [0.05, 0.1) is 19.3 Å². The normalized spacial score (nSPS) is 14.4. The Bertz CT molecular complexity index is 1090. The second kappa shape index (κ2) is 14.4. The first-order chi connectivity index (χ1) is 18.2. The second-order valence-electron chi connectivity index (χ2n) is 9.79. The number of likely N-dealkylation sites (tertiary alicyclic amines) is 1. The maximum absolute atomic E-state index is 13.3. The van der Waals surface area contributed by atoms with Crippen LogP contribution in [0.25, 0.3) is 0 Å². The summed E-state index contributed by atoms with van der Waals surface area (Å²) in [7, 11) is 0. The van der Waals surface area contributed by atoms with Crippen LogP contribution in [0.1, 0.15) is 73.6 Å². The zero-order chi connectivity index (χ0) is 27.5. The van der Waals surface area contributed by atoms with Crippen LogP contribution in [0.5, 0.6) is 11.5 Å². The van der Waals surface area contributed by atoms with E-state index in [1.54, 1.807) is 48.5 Å². The van der Waals surface area contributed by atoms with Gasteiger partial charge in [-0.15, -0.1) is 0 Å². The number of unbranched alkanes of at least 4 members (excludes halogenated alkanes) is 1. The van der Waals surface area contributed by atoms with Gasteiger partial charge in [0, 0.05) is 43.5 Å².